The van der Waals surface area contributed by atoms with Gasteiger partial charge in [-0.2, -0.15) is 26.3 Å². The summed E-state index contributed by atoms with van der Waals surface area (Å²) in [7, 11) is 0. The van der Waals surface area contributed by atoms with Crippen molar-refractivity contribution < 1.29 is 60.0 Å². The van der Waals surface area contributed by atoms with Gasteiger partial charge in [0.05, 0.1) is 6.61 Å². The van der Waals surface area contributed by atoms with Crippen molar-refractivity contribution in [1.82, 2.24) is 0 Å². The van der Waals surface area contributed by atoms with Crippen LogP contribution < -0.4 is 9.47 Å². The number of halogens is 6. The van der Waals surface area contributed by atoms with Crippen molar-refractivity contribution in [1.29, 1.82) is 0 Å². The first-order valence-electron chi connectivity index (χ1n) is 12.5. The highest BCUT2D eigenvalue weighted by atomic mass is 19.3. The van der Waals surface area contributed by atoms with E-state index >= 15 is 0 Å². The van der Waals surface area contributed by atoms with E-state index in [1.165, 1.54) is 12.1 Å². The molecule has 4 saturated carbocycles. The number of alkyl halides is 2. The first-order valence-corrected chi connectivity index (χ1v) is 12.5. The van der Waals surface area contributed by atoms with Crippen molar-refractivity contribution >= 4 is 12.1 Å². The van der Waals surface area contributed by atoms with E-state index in [1.54, 1.807) is 0 Å². The molecule has 2 aromatic carbocycles. The first kappa shape index (κ1) is 27.9. The molecule has 216 valence electrons. The van der Waals surface area contributed by atoms with Gasteiger partial charge in [0.15, 0.2) is 5.75 Å². The average molecular weight is 574 g/mol. The van der Waals surface area contributed by atoms with Crippen molar-refractivity contribution in [3.8, 4) is 23.0 Å². The van der Waals surface area contributed by atoms with Gasteiger partial charge in [-0.05, 0) is 74.6 Å². The Morgan fingerprint density at radius 2 is 1.48 bits per heavy atom. The van der Waals surface area contributed by atoms with Crippen molar-refractivity contribution in [3.05, 3.63) is 47.5 Å². The number of carbonyl (C=O) groups is 2. The molecule has 0 radical (unpaired) electrons. The molecular weight excluding hydrogens is 550 g/mol. The van der Waals surface area contributed by atoms with Crippen LogP contribution in [0, 0.1) is 40.5 Å². The fourth-order valence-corrected chi connectivity index (χ4v) is 6.68. The second-order valence-electron chi connectivity index (χ2n) is 11.1. The van der Waals surface area contributed by atoms with E-state index in [1.807, 2.05) is 0 Å². The monoisotopic (exact) mass is 574 g/mol. The van der Waals surface area contributed by atoms with Gasteiger partial charge in [0.2, 0.25) is 29.0 Å². The maximum Gasteiger partial charge on any atom is 0.514 e. The van der Waals surface area contributed by atoms with Crippen LogP contribution in [-0.2, 0) is 14.3 Å². The number of benzene rings is 2. The molecule has 4 aliphatic carbocycles. The van der Waals surface area contributed by atoms with E-state index < -0.39 is 63.8 Å². The fraction of sp³-hybridized carbons (Fsp3) is 0.481. The van der Waals surface area contributed by atoms with Gasteiger partial charge in [-0.3, -0.25) is 0 Å². The molecule has 1 N–H and O–H groups in total. The van der Waals surface area contributed by atoms with E-state index in [2.05, 4.69) is 0 Å². The van der Waals surface area contributed by atoms with Crippen LogP contribution in [0.15, 0.2) is 24.3 Å². The summed E-state index contributed by atoms with van der Waals surface area (Å²) in [6.07, 6.45) is 2.64. The molecule has 13 heteroatoms. The molecule has 4 aliphatic rings. The molecule has 2 unspecified atom stereocenters. The number of carbonyl (C=O) groups excluding carboxylic acids is 2. The molecule has 4 fully saturated rings. The lowest BCUT2D eigenvalue weighted by molar-refractivity contribution is -0.199. The van der Waals surface area contributed by atoms with Gasteiger partial charge >= 0.3 is 18.0 Å². The minimum atomic E-state index is -3.61. The zero-order valence-corrected chi connectivity index (χ0v) is 21.1. The van der Waals surface area contributed by atoms with Gasteiger partial charge in [0.25, 0.3) is 0 Å². The van der Waals surface area contributed by atoms with Crippen LogP contribution in [0.25, 0.3) is 0 Å². The van der Waals surface area contributed by atoms with Gasteiger partial charge < -0.3 is 24.1 Å². The Balaban J connectivity index is 1.23. The highest BCUT2D eigenvalue weighted by Crippen LogP contribution is 2.63. The minimum absolute atomic E-state index is 0.0418. The fourth-order valence-electron chi connectivity index (χ4n) is 6.68. The normalized spacial score (nSPS) is 26.9. The van der Waals surface area contributed by atoms with Crippen molar-refractivity contribution in [3.63, 3.8) is 0 Å². The number of aromatic hydroxyl groups is 1. The van der Waals surface area contributed by atoms with E-state index in [0.29, 0.717) is 39.0 Å². The lowest BCUT2D eigenvalue weighted by Gasteiger charge is -2.60. The average Bonchev–Trinajstić information content (AvgIpc) is 2.86. The molecule has 0 heterocycles. The lowest BCUT2D eigenvalue weighted by atomic mass is 9.48. The summed E-state index contributed by atoms with van der Waals surface area (Å²) >= 11 is 0. The predicted molar refractivity (Wildman–Crippen MR) is 123 cm³/mol. The predicted octanol–water partition coefficient (Wildman–Crippen LogP) is 6.79. The lowest BCUT2D eigenvalue weighted by Crippen LogP contribution is -2.59. The highest BCUT2D eigenvalue weighted by Gasteiger charge is 2.60. The number of ether oxygens (including phenoxy) is 4. The molecule has 4 bridgehead atoms. The zero-order chi connectivity index (χ0) is 29.0. The third-order valence-corrected chi connectivity index (χ3v) is 7.74. The molecule has 0 aromatic heterocycles. The third-order valence-electron chi connectivity index (χ3n) is 7.74. The van der Waals surface area contributed by atoms with Crippen molar-refractivity contribution in [2.75, 3.05) is 6.61 Å². The standard InChI is InChI=1S/C27H24F6O7/c1-25(32,33)23(35)37-12-26-7-13-6-14(8-26)10-27(9-13,11-26)40-24(36)39-16-4-2-15(3-5-16)38-22-19(30)17(28)21(34)18(29)20(22)31/h2-5,13-14,34H,6-12H2,1H3. The number of phenolic OH excluding ortho intramolecular Hbond substituents is 1. The Hall–Kier alpha value is -3.64. The maximum atomic E-state index is 14.0. The van der Waals surface area contributed by atoms with Crippen LogP contribution in [0.1, 0.15) is 45.4 Å². The largest absolute Gasteiger partial charge is 0.514 e. The van der Waals surface area contributed by atoms with E-state index in [9.17, 15) is 35.9 Å². The molecule has 40 heavy (non-hydrogen) atoms. The molecule has 2 aromatic rings. The number of phenols is 1. The van der Waals surface area contributed by atoms with Gasteiger partial charge in [0.1, 0.15) is 17.1 Å². The molecular formula is C27H24F6O7. The first-order chi connectivity index (χ1) is 18.7. The Kier molecular flexibility index (Phi) is 6.82. The summed E-state index contributed by atoms with van der Waals surface area (Å²) in [5.41, 5.74) is -1.49. The number of hydrogen-bond donors (Lipinski definition) is 1. The molecule has 2 atom stereocenters. The minimum Gasteiger partial charge on any atom is -0.503 e. The summed E-state index contributed by atoms with van der Waals surface area (Å²) < 4.78 is 102. The number of esters is 1. The third kappa shape index (κ3) is 5.25. The Labute approximate surface area is 224 Å². The summed E-state index contributed by atoms with van der Waals surface area (Å²) in [6, 6.07) is 4.60. The van der Waals surface area contributed by atoms with Gasteiger partial charge in [0, 0.05) is 12.3 Å². The van der Waals surface area contributed by atoms with E-state index in [0.717, 1.165) is 18.6 Å². The van der Waals surface area contributed by atoms with Crippen LogP contribution in [0.4, 0.5) is 31.1 Å². The second kappa shape index (κ2) is 9.77. The second-order valence-corrected chi connectivity index (χ2v) is 11.1. The molecule has 0 spiro atoms. The van der Waals surface area contributed by atoms with Crippen LogP contribution in [0.5, 0.6) is 23.0 Å². The zero-order valence-electron chi connectivity index (χ0n) is 21.1. The number of hydrogen-bond acceptors (Lipinski definition) is 7. The van der Waals surface area contributed by atoms with E-state index in [4.69, 9.17) is 24.1 Å². The summed E-state index contributed by atoms with van der Waals surface area (Å²) in [5.74, 6) is -16.3. The van der Waals surface area contributed by atoms with Gasteiger partial charge in [-0.15, -0.1) is 0 Å². The Morgan fingerprint density at radius 1 is 0.925 bits per heavy atom. The molecule has 7 nitrogen and oxygen atoms in total. The summed E-state index contributed by atoms with van der Waals surface area (Å²) in [4.78, 5) is 24.4. The van der Waals surface area contributed by atoms with Crippen LogP contribution in [0.3, 0.4) is 0 Å². The van der Waals surface area contributed by atoms with Crippen molar-refractivity contribution in [2.45, 2.75) is 57.0 Å². The molecule has 0 aliphatic heterocycles. The van der Waals surface area contributed by atoms with Crippen LogP contribution >= 0.6 is 0 Å². The van der Waals surface area contributed by atoms with Crippen LogP contribution in [0.2, 0.25) is 0 Å². The Bertz CT molecular complexity index is 1300. The quantitative estimate of drug-likeness (QED) is 0.168. The highest BCUT2D eigenvalue weighted by molar-refractivity contribution is 5.76. The molecule has 0 amide bonds. The maximum absolute atomic E-state index is 14.0. The number of rotatable bonds is 7. The topological polar surface area (TPSA) is 91.3 Å². The van der Waals surface area contributed by atoms with Crippen LogP contribution in [-0.4, -0.2) is 35.4 Å². The van der Waals surface area contributed by atoms with Crippen molar-refractivity contribution in [2.24, 2.45) is 17.3 Å². The summed E-state index contributed by atoms with van der Waals surface area (Å²) in [5, 5.41) is 9.07. The molecule has 6 rings (SSSR count). The Morgan fingerprint density at radius 3 is 2.02 bits per heavy atom. The molecule has 0 saturated heterocycles. The van der Waals surface area contributed by atoms with Gasteiger partial charge in [-0.25, -0.2) is 9.59 Å². The van der Waals surface area contributed by atoms with Gasteiger partial charge in [-0.1, -0.05) is 0 Å². The summed E-state index contributed by atoms with van der Waals surface area (Å²) in [6.45, 7) is 0.276. The van der Waals surface area contributed by atoms with E-state index in [-0.39, 0.29) is 29.9 Å². The SMILES string of the molecule is CC(F)(F)C(=O)OCC12CC3CC(C1)CC(OC(=O)Oc1ccc(Oc4c(F)c(F)c(O)c(F)c4F)cc1)(C3)C2. The smallest absolute Gasteiger partial charge is 0.503 e.